The smallest absolute Gasteiger partial charge is 0.264 e. The van der Waals surface area contributed by atoms with Crippen LogP contribution in [0.3, 0.4) is 0 Å². The van der Waals surface area contributed by atoms with Crippen molar-refractivity contribution >= 4 is 24.0 Å². The fraction of sp³-hybridized carbons (Fsp3) is 0.478. The summed E-state index contributed by atoms with van der Waals surface area (Å²) in [6.07, 6.45) is 5.07. The minimum absolute atomic E-state index is 0.0705. The fourth-order valence-corrected chi connectivity index (χ4v) is 6.05. The lowest BCUT2D eigenvalue weighted by Crippen LogP contribution is -2.22. The fourth-order valence-electron chi connectivity index (χ4n) is 3.75. The third-order valence-corrected chi connectivity index (χ3v) is 8.18. The second kappa shape index (κ2) is 9.34. The first-order chi connectivity index (χ1) is 13.8. The average molecular weight is 417 g/mol. The number of aliphatic hydroxyl groups is 1. The van der Waals surface area contributed by atoms with Gasteiger partial charge in [0.1, 0.15) is 0 Å². The number of anilines is 2. The summed E-state index contributed by atoms with van der Waals surface area (Å²) in [6, 6.07) is 15.0. The normalized spacial score (nSPS) is 18.1. The van der Waals surface area contributed by atoms with Gasteiger partial charge in [-0.2, -0.15) is 0 Å². The standard InChI is InChI=1S/C23H33N2O3P/c1-24(2)19-12-10-18(11-13-19)23(26)29(27,28-21-8-6-5-7-9-21)22-16-14-20(15-17-22)25(3)4/h10-17,21,23,26H,5-9H2,1-4H3/t23-,29+/m0/s1. The maximum atomic E-state index is 14.2. The molecule has 0 radical (unpaired) electrons. The first kappa shape index (κ1) is 21.9. The molecule has 1 N–H and O–H groups in total. The second-order valence-electron chi connectivity index (χ2n) is 8.23. The van der Waals surface area contributed by atoms with Crippen molar-refractivity contribution in [1.82, 2.24) is 0 Å². The summed E-state index contributed by atoms with van der Waals surface area (Å²) in [4.78, 5) is 3.99. The highest BCUT2D eigenvalue weighted by molar-refractivity contribution is 7.67. The minimum atomic E-state index is -3.52. The molecule has 0 aromatic heterocycles. The van der Waals surface area contributed by atoms with Crippen LogP contribution in [0.15, 0.2) is 48.5 Å². The van der Waals surface area contributed by atoms with Gasteiger partial charge in [0, 0.05) is 44.9 Å². The van der Waals surface area contributed by atoms with E-state index in [9.17, 15) is 9.67 Å². The van der Waals surface area contributed by atoms with Crippen LogP contribution in [0.25, 0.3) is 0 Å². The van der Waals surface area contributed by atoms with Crippen LogP contribution in [0.5, 0.6) is 0 Å². The van der Waals surface area contributed by atoms with Gasteiger partial charge in [0.15, 0.2) is 5.85 Å². The monoisotopic (exact) mass is 416 g/mol. The van der Waals surface area contributed by atoms with Gasteiger partial charge in [0.25, 0.3) is 7.37 Å². The van der Waals surface area contributed by atoms with E-state index in [0.717, 1.165) is 37.1 Å². The summed E-state index contributed by atoms with van der Waals surface area (Å²) >= 11 is 0. The summed E-state index contributed by atoms with van der Waals surface area (Å²) < 4.78 is 20.4. The summed E-state index contributed by atoms with van der Waals surface area (Å²) in [5, 5.41) is 11.8. The minimum Gasteiger partial charge on any atom is -0.378 e. The predicted molar refractivity (Wildman–Crippen MR) is 122 cm³/mol. The predicted octanol–water partition coefficient (Wildman–Crippen LogP) is 4.76. The van der Waals surface area contributed by atoms with Gasteiger partial charge in [-0.1, -0.05) is 31.4 Å². The number of benzene rings is 2. The van der Waals surface area contributed by atoms with E-state index in [2.05, 4.69) is 0 Å². The lowest BCUT2D eigenvalue weighted by Gasteiger charge is -2.31. The van der Waals surface area contributed by atoms with E-state index < -0.39 is 13.2 Å². The zero-order chi connectivity index (χ0) is 21.0. The van der Waals surface area contributed by atoms with Crippen LogP contribution in [-0.2, 0) is 9.09 Å². The van der Waals surface area contributed by atoms with E-state index in [4.69, 9.17) is 4.52 Å². The molecule has 0 unspecified atom stereocenters. The summed E-state index contributed by atoms with van der Waals surface area (Å²) in [5.74, 6) is -1.19. The van der Waals surface area contributed by atoms with E-state index in [0.29, 0.717) is 10.9 Å². The molecular weight excluding hydrogens is 383 g/mol. The highest BCUT2D eigenvalue weighted by atomic mass is 31.2. The van der Waals surface area contributed by atoms with Crippen molar-refractivity contribution in [3.63, 3.8) is 0 Å². The Morgan fingerprint density at radius 3 is 1.83 bits per heavy atom. The van der Waals surface area contributed by atoms with Gasteiger partial charge in [0.05, 0.1) is 6.10 Å². The Morgan fingerprint density at radius 2 is 1.34 bits per heavy atom. The molecule has 0 heterocycles. The van der Waals surface area contributed by atoms with Gasteiger partial charge in [-0.05, 0) is 54.8 Å². The maximum absolute atomic E-state index is 14.2. The molecule has 29 heavy (non-hydrogen) atoms. The SMILES string of the molecule is CN(C)c1ccc([C@@H](O)[P@](=O)(OC2CCCCC2)c2ccc(N(C)C)cc2)cc1. The molecule has 1 saturated carbocycles. The zero-order valence-electron chi connectivity index (χ0n) is 17.9. The zero-order valence-corrected chi connectivity index (χ0v) is 18.8. The second-order valence-corrected chi connectivity index (χ2v) is 10.6. The molecule has 1 aliphatic carbocycles. The van der Waals surface area contributed by atoms with Crippen LogP contribution in [0.2, 0.25) is 0 Å². The molecule has 2 atom stereocenters. The summed E-state index contributed by atoms with van der Waals surface area (Å²) in [7, 11) is 4.35. The van der Waals surface area contributed by atoms with Crippen LogP contribution < -0.4 is 15.1 Å². The van der Waals surface area contributed by atoms with Crippen molar-refractivity contribution in [3.05, 3.63) is 54.1 Å². The Morgan fingerprint density at radius 1 is 0.862 bits per heavy atom. The van der Waals surface area contributed by atoms with Crippen molar-refractivity contribution in [3.8, 4) is 0 Å². The molecule has 158 valence electrons. The van der Waals surface area contributed by atoms with Crippen LogP contribution in [-0.4, -0.2) is 39.4 Å². The third kappa shape index (κ3) is 5.03. The van der Waals surface area contributed by atoms with Gasteiger partial charge < -0.3 is 19.4 Å². The van der Waals surface area contributed by atoms with Gasteiger partial charge in [-0.25, -0.2) is 0 Å². The Bertz CT molecular complexity index is 828. The van der Waals surface area contributed by atoms with Crippen LogP contribution in [0, 0.1) is 0 Å². The highest BCUT2D eigenvalue weighted by Crippen LogP contribution is 2.59. The topological polar surface area (TPSA) is 53.0 Å². The molecule has 1 aliphatic rings. The number of nitrogens with zero attached hydrogens (tertiary/aromatic N) is 2. The molecule has 0 aliphatic heterocycles. The molecule has 2 aromatic carbocycles. The first-order valence-electron chi connectivity index (χ1n) is 10.3. The maximum Gasteiger partial charge on any atom is 0.264 e. The Balaban J connectivity index is 1.95. The molecule has 6 heteroatoms. The van der Waals surface area contributed by atoms with Crippen molar-refractivity contribution < 1.29 is 14.2 Å². The van der Waals surface area contributed by atoms with Crippen molar-refractivity contribution in [2.45, 2.75) is 44.1 Å². The van der Waals surface area contributed by atoms with E-state index in [1.807, 2.05) is 86.5 Å². The Hall–Kier alpha value is -1.81. The molecule has 0 saturated heterocycles. The van der Waals surface area contributed by atoms with E-state index in [-0.39, 0.29) is 6.10 Å². The van der Waals surface area contributed by atoms with Crippen molar-refractivity contribution in [2.24, 2.45) is 0 Å². The van der Waals surface area contributed by atoms with Crippen molar-refractivity contribution in [2.75, 3.05) is 38.0 Å². The van der Waals surface area contributed by atoms with Crippen LogP contribution in [0.4, 0.5) is 11.4 Å². The van der Waals surface area contributed by atoms with Crippen molar-refractivity contribution in [1.29, 1.82) is 0 Å². The largest absolute Gasteiger partial charge is 0.378 e. The van der Waals surface area contributed by atoms with Crippen LogP contribution >= 0.6 is 7.37 Å². The number of hydrogen-bond donors (Lipinski definition) is 1. The molecule has 0 amide bonds. The van der Waals surface area contributed by atoms with E-state index in [1.165, 1.54) is 6.42 Å². The van der Waals surface area contributed by atoms with E-state index >= 15 is 0 Å². The lowest BCUT2D eigenvalue weighted by molar-refractivity contribution is 0.137. The van der Waals surface area contributed by atoms with Gasteiger partial charge in [0.2, 0.25) is 0 Å². The Kier molecular flexibility index (Phi) is 7.05. The van der Waals surface area contributed by atoms with Gasteiger partial charge in [-0.15, -0.1) is 0 Å². The lowest BCUT2D eigenvalue weighted by atomic mass is 9.98. The number of rotatable bonds is 7. The number of hydrogen-bond acceptors (Lipinski definition) is 5. The average Bonchev–Trinajstić information content (AvgIpc) is 2.74. The molecule has 1 fully saturated rings. The molecule has 0 bridgehead atoms. The quantitative estimate of drug-likeness (QED) is 0.660. The molecule has 5 nitrogen and oxygen atoms in total. The summed E-state index contributed by atoms with van der Waals surface area (Å²) in [6.45, 7) is 0. The van der Waals surface area contributed by atoms with E-state index in [1.54, 1.807) is 0 Å². The highest BCUT2D eigenvalue weighted by Gasteiger charge is 2.39. The van der Waals surface area contributed by atoms with Crippen LogP contribution in [0.1, 0.15) is 43.5 Å². The van der Waals surface area contributed by atoms with Gasteiger partial charge in [-0.3, -0.25) is 4.57 Å². The molecule has 2 aromatic rings. The third-order valence-electron chi connectivity index (χ3n) is 5.61. The summed E-state index contributed by atoms with van der Waals surface area (Å²) in [5.41, 5.74) is 2.66. The molecular formula is C23H33N2O3P. The Labute approximate surface area is 174 Å². The molecule has 0 spiro atoms. The first-order valence-corrected chi connectivity index (χ1v) is 12.0. The molecule has 3 rings (SSSR count). The number of aliphatic hydroxyl groups excluding tert-OH is 1. The van der Waals surface area contributed by atoms with Gasteiger partial charge >= 0.3 is 0 Å².